The minimum absolute atomic E-state index is 0.0265. The van der Waals surface area contributed by atoms with E-state index in [-0.39, 0.29) is 48.0 Å². The highest BCUT2D eigenvalue weighted by molar-refractivity contribution is 7.86. The molecule has 0 radical (unpaired) electrons. The molecule has 0 bridgehead atoms. The van der Waals surface area contributed by atoms with E-state index in [9.17, 15) is 69.1 Å². The van der Waals surface area contributed by atoms with Crippen LogP contribution in [0.4, 0.5) is 0 Å². The van der Waals surface area contributed by atoms with Gasteiger partial charge in [-0.2, -0.15) is 0 Å². The van der Waals surface area contributed by atoms with Crippen LogP contribution in [0.3, 0.4) is 0 Å². The highest BCUT2D eigenvalue weighted by atomic mass is 31.2. The average molecular weight is 1530 g/mol. The van der Waals surface area contributed by atoms with Crippen molar-refractivity contribution < 1.29 is 112 Å². The molecule has 9 N–H and O–H groups in total. The van der Waals surface area contributed by atoms with E-state index in [2.05, 4.69) is 35.5 Å². The maximum absolute atomic E-state index is 14.9. The van der Waals surface area contributed by atoms with Crippen LogP contribution >= 0.6 is 14.3 Å². The number of ether oxygens (including phenoxy) is 8. The van der Waals surface area contributed by atoms with E-state index in [1.165, 1.54) is 28.1 Å². The van der Waals surface area contributed by atoms with Crippen molar-refractivity contribution in [1.29, 1.82) is 0 Å². The summed E-state index contributed by atoms with van der Waals surface area (Å²) in [5.41, 5.74) is 17.2. The molecule has 0 aromatic heterocycles. The normalized spacial score (nSPS) is 28.1. The molecule has 6 aromatic rings. The van der Waals surface area contributed by atoms with E-state index in [1.54, 1.807) is 104 Å². The number of carbonyl (C=O) groups excluding carboxylic acids is 4. The van der Waals surface area contributed by atoms with Gasteiger partial charge in [-0.3, -0.25) is 24.0 Å². The third-order valence-corrected chi connectivity index (χ3v) is 25.1. The number of benzene rings is 6. The van der Waals surface area contributed by atoms with Gasteiger partial charge in [0.05, 0.1) is 54.7 Å². The van der Waals surface area contributed by atoms with Crippen molar-refractivity contribution in [2.45, 2.75) is 140 Å². The molecular weight excluding hydrogens is 1440 g/mol. The molecule has 2 amide bonds. The van der Waals surface area contributed by atoms with E-state index in [1.807, 2.05) is 93.6 Å². The predicted octanol–water partition coefficient (Wildman–Crippen LogP) is 3.67. The molecule has 4 aliphatic rings. The summed E-state index contributed by atoms with van der Waals surface area (Å²) in [5.74, 6) is -2.62. The summed E-state index contributed by atoms with van der Waals surface area (Å²) in [6, 6.07) is 46.0. The number of methoxy groups -OCH3 is 2. The molecule has 4 fully saturated rings. The third kappa shape index (κ3) is 20.8. The smallest absolute Gasteiger partial charge is 0.302 e. The van der Waals surface area contributed by atoms with Crippen LogP contribution in [0.5, 0.6) is 0 Å². The summed E-state index contributed by atoms with van der Waals surface area (Å²) in [4.78, 5) is 69.3. The molecule has 107 heavy (non-hydrogen) atoms. The van der Waals surface area contributed by atoms with Crippen molar-refractivity contribution in [2.75, 3.05) is 40.6 Å². The van der Waals surface area contributed by atoms with Crippen molar-refractivity contribution >= 4 is 69.9 Å². The Labute approximate surface area is 616 Å². The van der Waals surface area contributed by atoms with Gasteiger partial charge in [0.1, 0.15) is 55.8 Å². The number of hydrogen-bond acceptors (Lipinski definition) is 26. The lowest BCUT2D eigenvalue weighted by molar-refractivity contribution is -0.783. The molecular formula is C72H89N9O24P2. The van der Waals surface area contributed by atoms with Crippen LogP contribution in [0.1, 0.15) is 62.3 Å². The molecule has 4 heterocycles. The van der Waals surface area contributed by atoms with Crippen molar-refractivity contribution in [3.63, 3.8) is 0 Å². The van der Waals surface area contributed by atoms with Gasteiger partial charge < -0.3 is 93.4 Å². The fourth-order valence-electron chi connectivity index (χ4n) is 12.6. The second-order valence-electron chi connectivity index (χ2n) is 25.3. The van der Waals surface area contributed by atoms with Crippen molar-refractivity contribution in [1.82, 2.24) is 10.6 Å². The number of nitrogens with zero attached hydrogens (tertiary/aromatic N) is 7. The topological polar surface area (TPSA) is 492 Å². The Morgan fingerprint density at radius 1 is 0.486 bits per heavy atom. The minimum Gasteiger partial charge on any atom is -0.463 e. The fraction of sp³-hybridized carbons (Fsp3) is 0.444. The summed E-state index contributed by atoms with van der Waals surface area (Å²) in [6.07, 6.45) is -13.3. The quantitative estimate of drug-likeness (QED) is 0.00890. The Kier molecular flexibility index (Phi) is 32.0. The highest BCUT2D eigenvalue weighted by Crippen LogP contribution is 2.45. The van der Waals surface area contributed by atoms with E-state index in [0.717, 1.165) is 0 Å². The zero-order valence-corrected chi connectivity index (χ0v) is 61.4. The standard InChI is InChI=1S/C29H32NO6P.C26H28NO7P.C10H16N4O6.C7H13N3O5/c1-19-20(2)27(29(33)36-25(19)18-35-21(3)31)30-28(32)24-16-10-11-17-26(24)37(34,22-12-6-4-7-13-22)23-14-8-5-9-15-23;1-33-26-22(24(30)23(29)20(16-28)34-26)27-25(31)19-14-8-9-15-21(19)35(32,17-10-4-2-5-11-17)18-12-6-3-7-13-18;1-5-6(2)9(12-13-11)10(20-14(16)17)19-8(5)4-18-7(3)15;1-14-7-4(9-10-8)6(13)5(12)3(2-11)15-7/h4-17,19-20,25,27,29,33H,18H2,1-3H3,(H,30,32);2-15,20,22-24,26,28-30H,16H2,1H3,(H,27,31);5-6,8-10H,4H2,1-3H3;3-7,11-13H,2H2,1H3/t19-,20-,25?,27?,29?;20?,22?,23-,24+,26?;5-,6-,8?,9?,10?;3?,4?,5-,6+,7?/m0000/s1. The van der Waals surface area contributed by atoms with Gasteiger partial charge in [0.15, 0.2) is 33.2 Å². The van der Waals surface area contributed by atoms with Crippen LogP contribution < -0.4 is 42.5 Å². The minimum atomic E-state index is -3.45. The SMILES string of the molecule is CC(=O)OCC1OC(O)C(NC(=O)c2ccccc2P(=O)(c2ccccc2)c2ccccc2)[C@@H](C)[C@@H]1C.CC(=O)OCC1OC(O[N+](=O)[O-])C(N=[N+]=[N-])[C@@H](C)[C@@H]1C.COC1OC(CO)[C@H](O)[C@H](O)C1N=[N+]=[N-].COC1OC(CO)[C@H](O)[C@H](O)C1NC(=O)c1ccccc1P(=O)(c1ccccc1)c1ccccc1. The number of aliphatic hydroxyl groups is 7. The van der Waals surface area contributed by atoms with Gasteiger partial charge >= 0.3 is 11.9 Å². The summed E-state index contributed by atoms with van der Waals surface area (Å²) >= 11 is 0. The van der Waals surface area contributed by atoms with Crippen LogP contribution in [-0.2, 0) is 61.5 Å². The zero-order chi connectivity index (χ0) is 78.3. The lowest BCUT2D eigenvalue weighted by Gasteiger charge is -2.42. The second-order valence-corrected chi connectivity index (χ2v) is 30.8. The van der Waals surface area contributed by atoms with Crippen LogP contribution in [0.25, 0.3) is 20.9 Å². The van der Waals surface area contributed by atoms with Crippen molar-refractivity contribution in [3.8, 4) is 0 Å². The largest absolute Gasteiger partial charge is 0.463 e. The number of rotatable bonds is 22. The Bertz CT molecular complexity index is 4010. The first-order valence-corrected chi connectivity index (χ1v) is 37.3. The average Bonchev–Trinajstić information content (AvgIpc) is 0.750. The molecule has 6 aromatic carbocycles. The molecule has 4 saturated heterocycles. The number of amides is 2. The number of azide groups is 2. The zero-order valence-electron chi connectivity index (χ0n) is 59.6. The lowest BCUT2D eigenvalue weighted by Crippen LogP contribution is -2.64. The van der Waals surface area contributed by atoms with Gasteiger partial charge in [-0.05, 0) is 46.9 Å². The highest BCUT2D eigenvalue weighted by Gasteiger charge is 2.49. The molecule has 0 aliphatic carbocycles. The number of esters is 2. The summed E-state index contributed by atoms with van der Waals surface area (Å²) in [5, 5.41) is 94.0. The first kappa shape index (κ1) is 85.2. The third-order valence-electron chi connectivity index (χ3n) is 18.9. The predicted molar refractivity (Wildman–Crippen MR) is 387 cm³/mol. The Balaban J connectivity index is 0.000000211. The molecule has 35 heteroatoms. The van der Waals surface area contributed by atoms with E-state index >= 15 is 0 Å². The van der Waals surface area contributed by atoms with Crippen LogP contribution in [0, 0.1) is 33.8 Å². The van der Waals surface area contributed by atoms with E-state index in [0.29, 0.717) is 31.8 Å². The Hall–Kier alpha value is -9.04. The van der Waals surface area contributed by atoms with Crippen molar-refractivity contribution in [2.24, 2.45) is 33.9 Å². The molecule has 4 aliphatic heterocycles. The lowest BCUT2D eigenvalue weighted by atomic mass is 9.82. The summed E-state index contributed by atoms with van der Waals surface area (Å²) < 4.78 is 71.4. The van der Waals surface area contributed by atoms with Gasteiger partial charge in [0, 0.05) is 69.7 Å². The Morgan fingerprint density at radius 2 is 0.841 bits per heavy atom. The molecule has 20 atom stereocenters. The number of carbonyl (C=O) groups is 4. The monoisotopic (exact) mass is 1530 g/mol. The van der Waals surface area contributed by atoms with Gasteiger partial charge in [0.25, 0.3) is 16.9 Å². The summed E-state index contributed by atoms with van der Waals surface area (Å²) in [6.45, 7) is 9.00. The maximum Gasteiger partial charge on any atom is 0.302 e. The number of nitrogens with one attached hydrogen (secondary N) is 2. The molecule has 12 unspecified atom stereocenters. The van der Waals surface area contributed by atoms with Gasteiger partial charge in [-0.1, -0.05) is 196 Å². The first-order valence-electron chi connectivity index (χ1n) is 33.9. The van der Waals surface area contributed by atoms with E-state index < -0.39 is 154 Å². The van der Waals surface area contributed by atoms with Crippen molar-refractivity contribution in [3.05, 3.63) is 212 Å². The van der Waals surface area contributed by atoms with Gasteiger partial charge in [-0.25, -0.2) is 0 Å². The summed E-state index contributed by atoms with van der Waals surface area (Å²) in [7, 11) is -4.21. The molecule has 0 saturated carbocycles. The fourth-order valence-corrected chi connectivity index (χ4v) is 18.3. The van der Waals surface area contributed by atoms with Crippen LogP contribution in [-0.4, -0.2) is 203 Å². The second kappa shape index (κ2) is 40.2. The molecule has 33 nitrogen and oxygen atoms in total. The first-order chi connectivity index (χ1) is 51.2. The van der Waals surface area contributed by atoms with Crippen LogP contribution in [0.2, 0.25) is 0 Å². The number of aliphatic hydroxyl groups excluding tert-OH is 7. The molecule has 576 valence electrons. The van der Waals surface area contributed by atoms with Crippen LogP contribution in [0.15, 0.2) is 180 Å². The maximum atomic E-state index is 14.9. The van der Waals surface area contributed by atoms with Gasteiger partial charge in [0.2, 0.25) is 6.29 Å². The molecule has 10 rings (SSSR count). The Morgan fingerprint density at radius 3 is 1.23 bits per heavy atom. The van der Waals surface area contributed by atoms with Gasteiger partial charge in [-0.15, -0.1) is 10.1 Å². The van der Waals surface area contributed by atoms with E-state index in [4.69, 9.17) is 54.1 Å². The number of hydrogen-bond donors (Lipinski definition) is 9. The molecule has 0 spiro atoms.